The lowest BCUT2D eigenvalue weighted by atomic mass is 10.1. The summed E-state index contributed by atoms with van der Waals surface area (Å²) in [5.41, 5.74) is 7.26. The van der Waals surface area contributed by atoms with Crippen LogP contribution >= 0.6 is 12.2 Å². The van der Waals surface area contributed by atoms with Crippen molar-refractivity contribution in [3.05, 3.63) is 35.9 Å². The number of fused-ring (bicyclic) bond motifs is 1. The minimum atomic E-state index is -0.119. The number of rotatable bonds is 4. The molecule has 4 N–H and O–H groups in total. The van der Waals surface area contributed by atoms with E-state index >= 15 is 0 Å². The van der Waals surface area contributed by atoms with Gasteiger partial charge in [-0.25, -0.2) is 4.98 Å². The van der Waals surface area contributed by atoms with E-state index in [4.69, 9.17) is 18.0 Å². The molecule has 2 aromatic rings. The van der Waals surface area contributed by atoms with Crippen LogP contribution in [-0.4, -0.2) is 29.5 Å². The topological polar surface area (TPSA) is 80.0 Å². The van der Waals surface area contributed by atoms with Crippen molar-refractivity contribution < 1.29 is 4.79 Å². The van der Waals surface area contributed by atoms with Crippen LogP contribution in [0.3, 0.4) is 0 Å². The van der Waals surface area contributed by atoms with Crippen molar-refractivity contribution in [1.82, 2.24) is 10.3 Å². The lowest BCUT2D eigenvalue weighted by molar-refractivity contribution is -0.118. The maximum atomic E-state index is 11.2. The van der Waals surface area contributed by atoms with Gasteiger partial charge >= 0.3 is 0 Å². The van der Waals surface area contributed by atoms with Gasteiger partial charge in [0.1, 0.15) is 10.8 Å². The highest BCUT2D eigenvalue weighted by Crippen LogP contribution is 2.20. The van der Waals surface area contributed by atoms with E-state index in [1.54, 1.807) is 13.1 Å². The number of hydrogen-bond donors (Lipinski definition) is 3. The number of aromatic nitrogens is 1. The normalized spacial score (nSPS) is 10.2. The SMILES string of the molecule is CNC(=O)CNc1cc(C(N)=S)c2ccccc2n1. The molecule has 0 radical (unpaired) electrons. The number of anilines is 1. The van der Waals surface area contributed by atoms with Crippen molar-refractivity contribution >= 4 is 39.8 Å². The van der Waals surface area contributed by atoms with E-state index in [9.17, 15) is 4.79 Å². The number of likely N-dealkylation sites (N-methyl/N-ethyl adjacent to an activating group) is 1. The number of para-hydroxylation sites is 1. The number of hydrogen-bond acceptors (Lipinski definition) is 4. The molecule has 2 rings (SSSR count). The highest BCUT2D eigenvalue weighted by atomic mass is 32.1. The van der Waals surface area contributed by atoms with Crippen molar-refractivity contribution in [3.8, 4) is 0 Å². The first kappa shape index (κ1) is 13.2. The lowest BCUT2D eigenvalue weighted by Crippen LogP contribution is -2.26. The summed E-state index contributed by atoms with van der Waals surface area (Å²) in [7, 11) is 1.58. The average Bonchev–Trinajstić information content (AvgIpc) is 2.43. The number of carbonyl (C=O) groups is 1. The zero-order valence-corrected chi connectivity index (χ0v) is 11.3. The van der Waals surface area contributed by atoms with Gasteiger partial charge in [0.25, 0.3) is 0 Å². The summed E-state index contributed by atoms with van der Waals surface area (Å²) < 4.78 is 0. The standard InChI is InChI=1S/C13H14N4OS/c1-15-12(18)7-16-11-6-9(13(14)19)8-4-2-3-5-10(8)17-11/h2-6H,7H2,1H3,(H2,14,19)(H,15,18)(H,16,17). The van der Waals surface area contributed by atoms with E-state index in [1.807, 2.05) is 24.3 Å². The predicted octanol–water partition coefficient (Wildman–Crippen LogP) is 1.03. The first-order valence-corrected chi connectivity index (χ1v) is 6.16. The van der Waals surface area contributed by atoms with E-state index < -0.39 is 0 Å². The van der Waals surface area contributed by atoms with Crippen LogP contribution in [0.1, 0.15) is 5.56 Å². The molecule has 6 heteroatoms. The molecule has 5 nitrogen and oxygen atoms in total. The first-order valence-electron chi connectivity index (χ1n) is 5.76. The second-order valence-electron chi connectivity index (χ2n) is 3.96. The molecule has 19 heavy (non-hydrogen) atoms. The van der Waals surface area contributed by atoms with Crippen LogP contribution in [-0.2, 0) is 4.79 Å². The monoisotopic (exact) mass is 274 g/mol. The highest BCUT2D eigenvalue weighted by Gasteiger charge is 2.08. The van der Waals surface area contributed by atoms with Gasteiger partial charge in [-0.15, -0.1) is 0 Å². The molecule has 0 saturated heterocycles. The van der Waals surface area contributed by atoms with Gasteiger partial charge in [0, 0.05) is 18.0 Å². The molecule has 0 spiro atoms. The van der Waals surface area contributed by atoms with E-state index in [0.29, 0.717) is 10.8 Å². The van der Waals surface area contributed by atoms with Crippen LogP contribution in [0, 0.1) is 0 Å². The minimum absolute atomic E-state index is 0.119. The van der Waals surface area contributed by atoms with Gasteiger partial charge in [-0.3, -0.25) is 4.79 Å². The zero-order valence-electron chi connectivity index (χ0n) is 10.4. The van der Waals surface area contributed by atoms with Crippen LogP contribution in [0.15, 0.2) is 30.3 Å². The van der Waals surface area contributed by atoms with Crippen LogP contribution in [0.2, 0.25) is 0 Å². The number of nitrogens with two attached hydrogens (primary N) is 1. The molecule has 0 atom stereocenters. The zero-order chi connectivity index (χ0) is 13.8. The molecule has 0 unspecified atom stereocenters. The fraction of sp³-hybridized carbons (Fsp3) is 0.154. The molecule has 0 aliphatic heterocycles. The third-order valence-electron chi connectivity index (χ3n) is 2.69. The van der Waals surface area contributed by atoms with E-state index in [2.05, 4.69) is 15.6 Å². The van der Waals surface area contributed by atoms with E-state index in [1.165, 1.54) is 0 Å². The van der Waals surface area contributed by atoms with Crippen molar-refractivity contribution in [2.75, 3.05) is 18.9 Å². The molecule has 0 aliphatic rings. The molecule has 0 bridgehead atoms. The van der Waals surface area contributed by atoms with Gasteiger partial charge in [0.15, 0.2) is 0 Å². The van der Waals surface area contributed by atoms with Crippen molar-refractivity contribution in [2.45, 2.75) is 0 Å². The van der Waals surface area contributed by atoms with Crippen molar-refractivity contribution in [2.24, 2.45) is 5.73 Å². The summed E-state index contributed by atoms with van der Waals surface area (Å²) in [6.45, 7) is 0.151. The number of benzene rings is 1. The molecule has 0 aliphatic carbocycles. The molecule has 1 amide bonds. The van der Waals surface area contributed by atoms with Gasteiger partial charge in [-0.05, 0) is 12.1 Å². The van der Waals surface area contributed by atoms with Gasteiger partial charge in [-0.1, -0.05) is 30.4 Å². The predicted molar refractivity (Wildman–Crippen MR) is 80.2 cm³/mol. The maximum absolute atomic E-state index is 11.2. The van der Waals surface area contributed by atoms with Crippen molar-refractivity contribution in [1.29, 1.82) is 0 Å². The molecule has 0 saturated carbocycles. The summed E-state index contributed by atoms with van der Waals surface area (Å²) in [5, 5.41) is 6.38. The Hall–Kier alpha value is -2.21. The maximum Gasteiger partial charge on any atom is 0.239 e. The fourth-order valence-electron chi connectivity index (χ4n) is 1.73. The van der Waals surface area contributed by atoms with E-state index in [-0.39, 0.29) is 12.5 Å². The quantitative estimate of drug-likeness (QED) is 0.726. The smallest absolute Gasteiger partial charge is 0.239 e. The van der Waals surface area contributed by atoms with Crippen LogP contribution in [0.5, 0.6) is 0 Å². The third kappa shape index (κ3) is 2.97. The Kier molecular flexibility index (Phi) is 3.91. The molecule has 1 aromatic heterocycles. The summed E-state index contributed by atoms with van der Waals surface area (Å²) in [6, 6.07) is 9.35. The molecule has 0 fully saturated rings. The second-order valence-corrected chi connectivity index (χ2v) is 4.40. The third-order valence-corrected chi connectivity index (χ3v) is 2.91. The summed E-state index contributed by atoms with van der Waals surface area (Å²) in [6.07, 6.45) is 0. The number of amides is 1. The van der Waals surface area contributed by atoms with Crippen LogP contribution < -0.4 is 16.4 Å². The minimum Gasteiger partial charge on any atom is -0.389 e. The summed E-state index contributed by atoms with van der Waals surface area (Å²) >= 11 is 5.05. The van der Waals surface area contributed by atoms with Gasteiger partial charge in [0.05, 0.1) is 12.1 Å². The van der Waals surface area contributed by atoms with E-state index in [0.717, 1.165) is 16.5 Å². The van der Waals surface area contributed by atoms with Gasteiger partial charge in [-0.2, -0.15) is 0 Å². The lowest BCUT2D eigenvalue weighted by Gasteiger charge is -2.09. The Bertz CT molecular complexity index is 642. The van der Waals surface area contributed by atoms with Gasteiger partial charge < -0.3 is 16.4 Å². The second kappa shape index (κ2) is 5.62. The Balaban J connectivity index is 2.40. The summed E-state index contributed by atoms with van der Waals surface area (Å²) in [4.78, 5) is 15.9. The number of thiocarbonyl (C=S) groups is 1. The fourth-order valence-corrected chi connectivity index (χ4v) is 1.90. The Morgan fingerprint density at radius 2 is 2.16 bits per heavy atom. The number of nitrogens with one attached hydrogen (secondary N) is 2. The molecule has 1 heterocycles. The molecule has 1 aromatic carbocycles. The Morgan fingerprint density at radius 3 is 2.84 bits per heavy atom. The van der Waals surface area contributed by atoms with Crippen LogP contribution in [0.4, 0.5) is 5.82 Å². The average molecular weight is 274 g/mol. The summed E-state index contributed by atoms with van der Waals surface area (Å²) in [5.74, 6) is 0.455. The largest absolute Gasteiger partial charge is 0.389 e. The van der Waals surface area contributed by atoms with Crippen molar-refractivity contribution in [3.63, 3.8) is 0 Å². The molecule has 98 valence electrons. The molecular weight excluding hydrogens is 260 g/mol. The van der Waals surface area contributed by atoms with Crippen LogP contribution in [0.25, 0.3) is 10.9 Å². The number of pyridine rings is 1. The number of nitrogens with zero attached hydrogens (tertiary/aromatic N) is 1. The first-order chi connectivity index (χ1) is 9.11. The number of carbonyl (C=O) groups excluding carboxylic acids is 1. The Labute approximate surface area is 116 Å². The van der Waals surface area contributed by atoms with Gasteiger partial charge in [0.2, 0.25) is 5.91 Å². The molecular formula is C13H14N4OS. The Morgan fingerprint density at radius 1 is 1.42 bits per heavy atom. The highest BCUT2D eigenvalue weighted by molar-refractivity contribution is 7.80.